The summed E-state index contributed by atoms with van der Waals surface area (Å²) in [5, 5.41) is 13.9. The lowest BCUT2D eigenvalue weighted by Crippen LogP contribution is -2.50. The Bertz CT molecular complexity index is 1100. The Morgan fingerprint density at radius 3 is 2.12 bits per heavy atom. The molecule has 2 aliphatic rings. The Kier molecular flexibility index (Phi) is 6.88. The molecule has 3 amide bonds. The number of nitro benzene ring substituents is 1. The molecule has 33 heavy (non-hydrogen) atoms. The topological polar surface area (TPSA) is 101 Å². The van der Waals surface area contributed by atoms with Gasteiger partial charge in [-0.2, -0.15) is 5.01 Å². The molecule has 0 N–H and O–H groups in total. The third kappa shape index (κ3) is 4.56. The third-order valence-electron chi connectivity index (χ3n) is 5.94. The molecule has 0 aromatic heterocycles. The first-order valence-electron chi connectivity index (χ1n) is 10.1. The van der Waals surface area contributed by atoms with Crippen LogP contribution in [-0.4, -0.2) is 42.3 Å². The van der Waals surface area contributed by atoms with Gasteiger partial charge in [0, 0.05) is 20.7 Å². The van der Waals surface area contributed by atoms with E-state index in [4.69, 9.17) is 11.6 Å². The minimum Gasteiger partial charge on any atom is -0.272 e. The number of imide groups is 1. The first kappa shape index (κ1) is 23.8. The molecule has 1 heterocycles. The number of amides is 3. The standard InChI is InChI=1S/C22H18Br2ClN3O5/c23-17-9-15-16(10-18(17)24)22(31)27(21(15)30)26(11-12-5-7-13(25)8-6-12)20(29)14-3-1-2-4-19(14)28(32)33/h1-8,15-18H,9-11H2/t15-,16+,17-,18-/m0/s1. The summed E-state index contributed by atoms with van der Waals surface area (Å²) in [4.78, 5) is 51.2. The average Bonchev–Trinajstić information content (AvgIpc) is 3.02. The monoisotopic (exact) mass is 597 g/mol. The smallest absolute Gasteiger partial charge is 0.272 e. The molecular weight excluding hydrogens is 582 g/mol. The van der Waals surface area contributed by atoms with Crippen LogP contribution in [0.4, 0.5) is 5.69 Å². The van der Waals surface area contributed by atoms with E-state index in [1.165, 1.54) is 24.3 Å². The number of hydrogen-bond donors (Lipinski definition) is 0. The molecule has 8 nitrogen and oxygen atoms in total. The van der Waals surface area contributed by atoms with E-state index < -0.39 is 40.2 Å². The largest absolute Gasteiger partial charge is 0.282 e. The molecule has 0 bridgehead atoms. The highest BCUT2D eigenvalue weighted by Crippen LogP contribution is 2.44. The van der Waals surface area contributed by atoms with Crippen LogP contribution in [0.15, 0.2) is 48.5 Å². The van der Waals surface area contributed by atoms with Gasteiger partial charge in [0.25, 0.3) is 23.4 Å². The normalized spacial score (nSPS) is 24.5. The fourth-order valence-electron chi connectivity index (χ4n) is 4.26. The zero-order valence-electron chi connectivity index (χ0n) is 17.1. The first-order chi connectivity index (χ1) is 15.7. The van der Waals surface area contributed by atoms with Crippen molar-refractivity contribution >= 4 is 66.9 Å². The van der Waals surface area contributed by atoms with Gasteiger partial charge in [0.05, 0.1) is 23.3 Å². The number of benzene rings is 2. The number of nitro groups is 1. The van der Waals surface area contributed by atoms with Crippen LogP contribution in [0, 0.1) is 22.0 Å². The van der Waals surface area contributed by atoms with Crippen molar-refractivity contribution in [2.45, 2.75) is 29.0 Å². The maximum atomic E-state index is 13.6. The minimum atomic E-state index is -0.802. The van der Waals surface area contributed by atoms with Crippen molar-refractivity contribution in [1.82, 2.24) is 10.0 Å². The number of hydrazine groups is 1. The van der Waals surface area contributed by atoms with Crippen LogP contribution in [0.1, 0.15) is 28.8 Å². The molecule has 0 spiro atoms. The molecule has 1 saturated heterocycles. The van der Waals surface area contributed by atoms with Crippen molar-refractivity contribution < 1.29 is 19.3 Å². The highest BCUT2D eigenvalue weighted by atomic mass is 79.9. The predicted octanol–water partition coefficient (Wildman–Crippen LogP) is 4.73. The molecule has 4 atom stereocenters. The zero-order chi connectivity index (χ0) is 23.9. The Balaban J connectivity index is 1.76. The SMILES string of the molecule is O=C(c1ccccc1[N+](=O)[O-])N(Cc1ccc(Cl)cc1)N1C(=O)[C@H]2C[C@H](Br)[C@@H](Br)C[C@H]2C1=O. The van der Waals surface area contributed by atoms with Crippen molar-refractivity contribution in [2.24, 2.45) is 11.8 Å². The molecular formula is C22H18Br2ClN3O5. The minimum absolute atomic E-state index is 0.00563. The van der Waals surface area contributed by atoms with Gasteiger partial charge in [0.15, 0.2) is 0 Å². The number of halogens is 3. The van der Waals surface area contributed by atoms with Crippen LogP contribution in [0.3, 0.4) is 0 Å². The van der Waals surface area contributed by atoms with Gasteiger partial charge in [-0.3, -0.25) is 24.5 Å². The molecule has 4 rings (SSSR count). The van der Waals surface area contributed by atoms with Crippen LogP contribution in [-0.2, 0) is 16.1 Å². The maximum absolute atomic E-state index is 13.6. The molecule has 2 aromatic rings. The number of carbonyl (C=O) groups excluding carboxylic acids is 3. The highest BCUT2D eigenvalue weighted by Gasteiger charge is 2.54. The summed E-state index contributed by atoms with van der Waals surface area (Å²) in [6.45, 7) is -0.131. The van der Waals surface area contributed by atoms with E-state index >= 15 is 0 Å². The second kappa shape index (κ2) is 9.52. The Morgan fingerprint density at radius 1 is 1.03 bits per heavy atom. The second-order valence-electron chi connectivity index (χ2n) is 7.97. The molecule has 11 heteroatoms. The summed E-state index contributed by atoms with van der Waals surface area (Å²) in [6.07, 6.45) is 0.881. The number of nitrogens with zero attached hydrogens (tertiary/aromatic N) is 3. The summed E-state index contributed by atoms with van der Waals surface area (Å²) in [6, 6.07) is 12.1. The van der Waals surface area contributed by atoms with E-state index in [1.54, 1.807) is 24.3 Å². The lowest BCUT2D eigenvalue weighted by molar-refractivity contribution is -0.385. The summed E-state index contributed by atoms with van der Waals surface area (Å²) in [5.74, 6) is -2.89. The van der Waals surface area contributed by atoms with Crippen LogP contribution in [0.25, 0.3) is 0 Å². The summed E-state index contributed by atoms with van der Waals surface area (Å²) >= 11 is 13.1. The van der Waals surface area contributed by atoms with E-state index in [9.17, 15) is 24.5 Å². The molecule has 1 saturated carbocycles. The summed E-state index contributed by atoms with van der Waals surface area (Å²) < 4.78 is 0. The van der Waals surface area contributed by atoms with Gasteiger partial charge >= 0.3 is 0 Å². The van der Waals surface area contributed by atoms with Crippen LogP contribution < -0.4 is 0 Å². The zero-order valence-corrected chi connectivity index (χ0v) is 21.0. The van der Waals surface area contributed by atoms with E-state index in [2.05, 4.69) is 31.9 Å². The Morgan fingerprint density at radius 2 is 1.58 bits per heavy atom. The van der Waals surface area contributed by atoms with E-state index in [0.29, 0.717) is 23.4 Å². The predicted molar refractivity (Wildman–Crippen MR) is 128 cm³/mol. The van der Waals surface area contributed by atoms with Gasteiger partial charge in [-0.1, -0.05) is 67.7 Å². The van der Waals surface area contributed by atoms with Crippen LogP contribution in [0.2, 0.25) is 5.02 Å². The van der Waals surface area contributed by atoms with Gasteiger partial charge in [-0.15, -0.1) is 0 Å². The van der Waals surface area contributed by atoms with E-state index in [0.717, 1.165) is 10.0 Å². The van der Waals surface area contributed by atoms with E-state index in [-0.39, 0.29) is 21.8 Å². The number of fused-ring (bicyclic) bond motifs is 1. The van der Waals surface area contributed by atoms with Crippen molar-refractivity contribution in [3.05, 3.63) is 74.8 Å². The fourth-order valence-corrected chi connectivity index (χ4v) is 5.63. The fraction of sp³-hybridized carbons (Fsp3) is 0.318. The molecule has 172 valence electrons. The lowest BCUT2D eigenvalue weighted by atomic mass is 9.81. The van der Waals surface area contributed by atoms with Crippen LogP contribution in [0.5, 0.6) is 0 Å². The number of carbonyl (C=O) groups is 3. The molecule has 1 aliphatic heterocycles. The van der Waals surface area contributed by atoms with Gasteiger partial charge in [0.2, 0.25) is 0 Å². The maximum Gasteiger partial charge on any atom is 0.282 e. The number of alkyl halides is 2. The molecule has 2 aromatic carbocycles. The number of para-hydroxylation sites is 1. The lowest BCUT2D eigenvalue weighted by Gasteiger charge is -2.30. The summed E-state index contributed by atoms with van der Waals surface area (Å²) in [7, 11) is 0. The summed E-state index contributed by atoms with van der Waals surface area (Å²) in [5.41, 5.74) is 0.00313. The van der Waals surface area contributed by atoms with Gasteiger partial charge < -0.3 is 0 Å². The first-order valence-corrected chi connectivity index (χ1v) is 12.4. The molecule has 0 unspecified atom stereocenters. The Hall–Kier alpha value is -2.30. The third-order valence-corrected chi connectivity index (χ3v) is 8.93. The van der Waals surface area contributed by atoms with Crippen LogP contribution >= 0.6 is 43.5 Å². The second-order valence-corrected chi connectivity index (χ2v) is 10.8. The van der Waals surface area contributed by atoms with Crippen molar-refractivity contribution in [3.63, 3.8) is 0 Å². The van der Waals surface area contributed by atoms with Crippen molar-refractivity contribution in [2.75, 3.05) is 0 Å². The number of hydrogen-bond acceptors (Lipinski definition) is 5. The van der Waals surface area contributed by atoms with Gasteiger partial charge in [-0.05, 0) is 36.6 Å². The number of rotatable bonds is 5. The average molecular weight is 600 g/mol. The van der Waals surface area contributed by atoms with E-state index in [1.807, 2.05) is 0 Å². The highest BCUT2D eigenvalue weighted by molar-refractivity contribution is 9.12. The molecule has 0 radical (unpaired) electrons. The van der Waals surface area contributed by atoms with Gasteiger partial charge in [0.1, 0.15) is 5.56 Å². The van der Waals surface area contributed by atoms with Crippen molar-refractivity contribution in [1.29, 1.82) is 0 Å². The molecule has 2 fully saturated rings. The Labute approximate surface area is 211 Å². The quantitative estimate of drug-likeness (QED) is 0.214. The van der Waals surface area contributed by atoms with Gasteiger partial charge in [-0.25, -0.2) is 5.01 Å². The molecule has 1 aliphatic carbocycles. The van der Waals surface area contributed by atoms with Crippen molar-refractivity contribution in [3.8, 4) is 0 Å².